The van der Waals surface area contributed by atoms with Crippen LogP contribution in [-0.4, -0.2) is 9.13 Å². The van der Waals surface area contributed by atoms with E-state index in [0.29, 0.717) is 0 Å². The summed E-state index contributed by atoms with van der Waals surface area (Å²) < 4.78 is 5.13. The van der Waals surface area contributed by atoms with Crippen LogP contribution in [0.3, 0.4) is 0 Å². The highest BCUT2D eigenvalue weighted by Gasteiger charge is 2.45. The first-order valence-electron chi connectivity index (χ1n) is 21.2. The topological polar surface area (TPSA) is 9.86 Å². The molecule has 1 fully saturated rings. The maximum Gasteiger partial charge on any atom is 0.0538 e. The summed E-state index contributed by atoms with van der Waals surface area (Å²) in [6, 6.07) is 56.0. The second-order valence-electron chi connectivity index (χ2n) is 17.5. The molecule has 2 aliphatic carbocycles. The number of hydrogen-bond acceptors (Lipinski definition) is 0. The molecule has 0 spiro atoms. The Morgan fingerprint density at radius 1 is 0.446 bits per heavy atom. The van der Waals surface area contributed by atoms with Gasteiger partial charge in [-0.15, -0.1) is 0 Å². The second-order valence-corrected chi connectivity index (χ2v) is 17.5. The van der Waals surface area contributed by atoms with Crippen LogP contribution in [-0.2, 0) is 10.8 Å². The van der Waals surface area contributed by atoms with Crippen LogP contribution in [0.15, 0.2) is 152 Å². The smallest absolute Gasteiger partial charge is 0.0538 e. The maximum absolute atomic E-state index is 2.59. The molecular weight excluding hydrogens is 677 g/mol. The molecule has 0 unspecified atom stereocenters. The molecule has 0 bridgehead atoms. The summed E-state index contributed by atoms with van der Waals surface area (Å²) in [6.45, 7) is 9.91. The summed E-state index contributed by atoms with van der Waals surface area (Å²) in [5.74, 6) is 0.722. The van der Waals surface area contributed by atoms with Crippen molar-refractivity contribution in [3.05, 3.63) is 169 Å². The molecule has 9 rings (SSSR count). The van der Waals surface area contributed by atoms with Crippen LogP contribution >= 0.6 is 0 Å². The molecule has 1 saturated carbocycles. The third-order valence-corrected chi connectivity index (χ3v) is 13.4. The van der Waals surface area contributed by atoms with Gasteiger partial charge in [-0.25, -0.2) is 0 Å². The zero-order chi connectivity index (χ0) is 38.3. The van der Waals surface area contributed by atoms with Crippen LogP contribution in [0.5, 0.6) is 0 Å². The van der Waals surface area contributed by atoms with Crippen molar-refractivity contribution in [1.82, 2.24) is 9.13 Å². The maximum atomic E-state index is 2.59. The molecule has 7 aromatic rings. The van der Waals surface area contributed by atoms with E-state index in [1.807, 2.05) is 0 Å². The van der Waals surface area contributed by atoms with Crippen LogP contribution < -0.4 is 0 Å². The fraction of sp³-hybridized carbons (Fsp3) is 0.296. The van der Waals surface area contributed by atoms with Gasteiger partial charge < -0.3 is 9.13 Å². The summed E-state index contributed by atoms with van der Waals surface area (Å²) in [4.78, 5) is 0. The zero-order valence-electron chi connectivity index (χ0n) is 33.8. The van der Waals surface area contributed by atoms with Gasteiger partial charge in [-0.2, -0.15) is 0 Å². The predicted octanol–water partition coefficient (Wildman–Crippen LogP) is 15.1. The molecule has 0 radical (unpaired) electrons. The molecule has 0 saturated heterocycles. The number of fused-ring (bicyclic) bond motifs is 7. The van der Waals surface area contributed by atoms with E-state index in [-0.39, 0.29) is 10.8 Å². The Kier molecular flexibility index (Phi) is 9.70. The summed E-state index contributed by atoms with van der Waals surface area (Å²) in [5, 5.41) is 2.64. The number of aromatic nitrogens is 2. The van der Waals surface area contributed by atoms with Crippen molar-refractivity contribution in [3.8, 4) is 33.6 Å². The molecule has 2 heterocycles. The Labute approximate surface area is 334 Å². The second kappa shape index (κ2) is 15.0. The van der Waals surface area contributed by atoms with Gasteiger partial charge >= 0.3 is 0 Å². The first kappa shape index (κ1) is 36.3. The molecule has 5 aromatic carbocycles. The van der Waals surface area contributed by atoms with Gasteiger partial charge in [0.05, 0.1) is 11.0 Å². The quantitative estimate of drug-likeness (QED) is 0.167. The van der Waals surface area contributed by atoms with E-state index in [0.717, 1.165) is 5.92 Å². The lowest BCUT2D eigenvalue weighted by Gasteiger charge is -2.36. The van der Waals surface area contributed by atoms with Crippen LogP contribution in [0.4, 0.5) is 0 Å². The van der Waals surface area contributed by atoms with E-state index < -0.39 is 0 Å². The molecule has 2 heteroatoms. The summed E-state index contributed by atoms with van der Waals surface area (Å²) >= 11 is 0. The Morgan fingerprint density at radius 3 is 1.34 bits per heavy atom. The number of benzene rings is 4. The SMILES string of the molecule is CC1(C)c2c(c3ccccc3n2-c2ccc(-c3ccccccccc3)cc2)-c2c1n(-c1ccc(C(C)(C)C3CCCCCCCCC3)cc1)c1ccccc21. The van der Waals surface area contributed by atoms with Crippen molar-refractivity contribution in [2.45, 2.75) is 96.3 Å². The molecule has 0 N–H and O–H groups in total. The number of nitrogens with zero attached hydrogens (tertiary/aromatic N) is 2. The number of rotatable bonds is 5. The lowest BCUT2D eigenvalue weighted by Crippen LogP contribution is -2.29. The van der Waals surface area contributed by atoms with E-state index in [9.17, 15) is 0 Å². The molecule has 282 valence electrons. The molecule has 0 aliphatic heterocycles. The van der Waals surface area contributed by atoms with E-state index in [1.165, 1.54) is 130 Å². The van der Waals surface area contributed by atoms with E-state index in [4.69, 9.17) is 0 Å². The highest BCUT2D eigenvalue weighted by atomic mass is 15.1. The highest BCUT2D eigenvalue weighted by Crippen LogP contribution is 2.57. The van der Waals surface area contributed by atoms with Gasteiger partial charge in [-0.3, -0.25) is 0 Å². The first-order valence-corrected chi connectivity index (χ1v) is 21.2. The van der Waals surface area contributed by atoms with E-state index in [2.05, 4.69) is 188 Å². The Bertz CT molecular complexity index is 2520. The standard InChI is InChI=1S/C54H56N2/c1-53(2,41-25-17-13-9-6-10-14-18-26-41)42-33-37-44(38-34-42)56-48-30-22-20-28-46(48)50-49-45-27-19-21-29-47(45)55(51(49)54(3,4)52(50)56)43-35-31-40(32-36-43)39-23-15-11-7-5-8-12-16-24-39/h5,7-8,11-12,15-16,19-24,27-38,41H,6,9-10,13-14,17-18,25-26H2,1-4H3. The normalized spacial score (nSPS) is 16.0. The first-order chi connectivity index (χ1) is 27.4. The van der Waals surface area contributed by atoms with Gasteiger partial charge in [-0.1, -0.05) is 174 Å². The van der Waals surface area contributed by atoms with Gasteiger partial charge in [0.15, 0.2) is 0 Å². The molecule has 56 heavy (non-hydrogen) atoms. The summed E-state index contributed by atoms with van der Waals surface area (Å²) in [5.41, 5.74) is 14.2. The number of hydrogen-bond donors (Lipinski definition) is 0. The average molecular weight is 733 g/mol. The lowest BCUT2D eigenvalue weighted by molar-refractivity contribution is 0.259. The van der Waals surface area contributed by atoms with Crippen molar-refractivity contribution in [1.29, 1.82) is 0 Å². The minimum absolute atomic E-state index is 0.145. The predicted molar refractivity (Wildman–Crippen MR) is 239 cm³/mol. The molecular formula is C54H56N2. The van der Waals surface area contributed by atoms with Crippen molar-refractivity contribution < 1.29 is 0 Å². The lowest BCUT2D eigenvalue weighted by atomic mass is 9.69. The van der Waals surface area contributed by atoms with Gasteiger partial charge in [0.2, 0.25) is 0 Å². The minimum atomic E-state index is -0.276. The van der Waals surface area contributed by atoms with Crippen molar-refractivity contribution in [3.63, 3.8) is 0 Å². The average Bonchev–Trinajstić information content (AvgIpc) is 3.83. The third kappa shape index (κ3) is 6.28. The molecule has 0 atom stereocenters. The third-order valence-electron chi connectivity index (χ3n) is 13.4. The molecule has 0 amide bonds. The van der Waals surface area contributed by atoms with Crippen LogP contribution in [0.25, 0.3) is 55.4 Å². The molecule has 2 aliphatic rings. The van der Waals surface area contributed by atoms with Crippen LogP contribution in [0.1, 0.15) is 102 Å². The Morgan fingerprint density at radius 2 is 0.839 bits per heavy atom. The fourth-order valence-corrected chi connectivity index (χ4v) is 10.3. The molecule has 2 aromatic heterocycles. The number of para-hydroxylation sites is 2. The fourth-order valence-electron chi connectivity index (χ4n) is 10.3. The molecule has 2 nitrogen and oxygen atoms in total. The monoisotopic (exact) mass is 732 g/mol. The van der Waals surface area contributed by atoms with Crippen molar-refractivity contribution >= 4 is 21.8 Å². The van der Waals surface area contributed by atoms with Crippen LogP contribution in [0, 0.1) is 5.92 Å². The minimum Gasteiger partial charge on any atom is -0.312 e. The van der Waals surface area contributed by atoms with Crippen molar-refractivity contribution in [2.75, 3.05) is 0 Å². The Balaban J connectivity index is 1.15. The van der Waals surface area contributed by atoms with Crippen LogP contribution in [0.2, 0.25) is 0 Å². The summed E-state index contributed by atoms with van der Waals surface area (Å²) in [6.07, 6.45) is 12.5. The van der Waals surface area contributed by atoms with Gasteiger partial charge in [0.1, 0.15) is 0 Å². The van der Waals surface area contributed by atoms with Gasteiger partial charge in [-0.05, 0) is 91.1 Å². The largest absolute Gasteiger partial charge is 0.312 e. The van der Waals surface area contributed by atoms with Crippen molar-refractivity contribution in [2.24, 2.45) is 5.92 Å². The van der Waals surface area contributed by atoms with Gasteiger partial charge in [0, 0.05) is 50.1 Å². The Hall–Kier alpha value is -5.34. The van der Waals surface area contributed by atoms with E-state index in [1.54, 1.807) is 0 Å². The van der Waals surface area contributed by atoms with E-state index >= 15 is 0 Å². The zero-order valence-corrected chi connectivity index (χ0v) is 33.8. The highest BCUT2D eigenvalue weighted by molar-refractivity contribution is 6.12. The van der Waals surface area contributed by atoms with Gasteiger partial charge in [0.25, 0.3) is 0 Å². The summed E-state index contributed by atoms with van der Waals surface area (Å²) in [7, 11) is 0.